The van der Waals surface area contributed by atoms with E-state index in [1.54, 1.807) is 13.0 Å². The van der Waals surface area contributed by atoms with Crippen molar-refractivity contribution in [2.24, 2.45) is 0 Å². The van der Waals surface area contributed by atoms with Crippen LogP contribution in [0.4, 0.5) is 0 Å². The van der Waals surface area contributed by atoms with Gasteiger partial charge in [-0.1, -0.05) is 49.4 Å². The monoisotopic (exact) mass is 566 g/mol. The van der Waals surface area contributed by atoms with Crippen LogP contribution in [-0.2, 0) is 14.3 Å². The molecule has 4 aromatic rings. The Morgan fingerprint density at radius 3 is 2.48 bits per heavy atom. The Bertz CT molecular complexity index is 1540. The Kier molecular flexibility index (Phi) is 9.85. The van der Waals surface area contributed by atoms with E-state index in [2.05, 4.69) is 49.4 Å². The molecule has 1 saturated heterocycles. The average molecular weight is 567 g/mol. The van der Waals surface area contributed by atoms with Crippen molar-refractivity contribution in [3.63, 3.8) is 0 Å². The first-order valence-electron chi connectivity index (χ1n) is 14.7. The lowest BCUT2D eigenvalue weighted by Crippen LogP contribution is -2.18. The quantitative estimate of drug-likeness (QED) is 0.119. The van der Waals surface area contributed by atoms with Crippen LogP contribution in [0, 0.1) is 0 Å². The summed E-state index contributed by atoms with van der Waals surface area (Å²) in [5.41, 5.74) is 7.57. The number of benzene rings is 3. The van der Waals surface area contributed by atoms with Gasteiger partial charge in [0.05, 0.1) is 24.9 Å². The minimum Gasteiger partial charge on any atom is -0.491 e. The minimum atomic E-state index is -0.352. The Labute approximate surface area is 247 Å². The van der Waals surface area contributed by atoms with E-state index in [0.717, 1.165) is 76.8 Å². The van der Waals surface area contributed by atoms with Crippen LogP contribution in [0.15, 0.2) is 79.0 Å². The van der Waals surface area contributed by atoms with E-state index in [-0.39, 0.29) is 25.4 Å². The molecule has 3 aromatic carbocycles. The van der Waals surface area contributed by atoms with E-state index in [1.807, 2.05) is 35.1 Å². The number of fused-ring (bicyclic) bond motifs is 1. The fourth-order valence-corrected chi connectivity index (χ4v) is 5.43. The predicted molar refractivity (Wildman–Crippen MR) is 166 cm³/mol. The number of allylic oxidation sites excluding steroid dienone is 1. The zero-order valence-electron chi connectivity index (χ0n) is 24.3. The smallest absolute Gasteiger partial charge is 0.330 e. The number of carbonyl (C=O) groups is 1. The summed E-state index contributed by atoms with van der Waals surface area (Å²) < 4.78 is 18.6. The maximum Gasteiger partial charge on any atom is 0.330 e. The molecule has 218 valence electrons. The SMILES string of the molecule is CCOC(=O)/C=C/c1ccc(/C(=C(/CC)c2ccc(OCCO)cc2)c2ccc3c(cnn3C3CCCCO3)c2)cc1. The van der Waals surface area contributed by atoms with E-state index in [4.69, 9.17) is 24.4 Å². The molecule has 1 N–H and O–H groups in total. The molecule has 0 aliphatic carbocycles. The second kappa shape index (κ2) is 14.1. The van der Waals surface area contributed by atoms with Crippen LogP contribution in [0.3, 0.4) is 0 Å². The van der Waals surface area contributed by atoms with Gasteiger partial charge >= 0.3 is 5.97 Å². The fourth-order valence-electron chi connectivity index (χ4n) is 5.43. The summed E-state index contributed by atoms with van der Waals surface area (Å²) in [5.74, 6) is 0.371. The molecular weight excluding hydrogens is 528 g/mol. The molecule has 0 saturated carbocycles. The molecule has 1 aliphatic rings. The summed E-state index contributed by atoms with van der Waals surface area (Å²) in [7, 11) is 0. The van der Waals surface area contributed by atoms with Gasteiger partial charge in [-0.2, -0.15) is 5.10 Å². The lowest BCUT2D eigenvalue weighted by molar-refractivity contribution is -0.137. The van der Waals surface area contributed by atoms with Gasteiger partial charge in [0, 0.05) is 18.1 Å². The van der Waals surface area contributed by atoms with Crippen molar-refractivity contribution >= 4 is 34.1 Å². The molecule has 1 unspecified atom stereocenters. The molecule has 1 aliphatic heterocycles. The third-order valence-electron chi connectivity index (χ3n) is 7.43. The maximum atomic E-state index is 11.8. The highest BCUT2D eigenvalue weighted by Gasteiger charge is 2.20. The van der Waals surface area contributed by atoms with Crippen LogP contribution in [-0.4, -0.2) is 47.3 Å². The van der Waals surface area contributed by atoms with Crippen molar-refractivity contribution in [1.29, 1.82) is 0 Å². The molecule has 1 fully saturated rings. The normalized spacial score (nSPS) is 16.0. The first kappa shape index (κ1) is 29.3. The summed E-state index contributed by atoms with van der Waals surface area (Å²) in [6.45, 7) is 5.31. The lowest BCUT2D eigenvalue weighted by Gasteiger charge is -2.23. The van der Waals surface area contributed by atoms with Gasteiger partial charge in [0.2, 0.25) is 0 Å². The first-order chi connectivity index (χ1) is 20.6. The van der Waals surface area contributed by atoms with Gasteiger partial charge in [-0.15, -0.1) is 0 Å². The number of hydrogen-bond donors (Lipinski definition) is 1. The fraction of sp³-hybridized carbons (Fsp3) is 0.314. The number of aromatic nitrogens is 2. The van der Waals surface area contributed by atoms with Crippen molar-refractivity contribution in [2.75, 3.05) is 26.4 Å². The van der Waals surface area contributed by atoms with Crippen molar-refractivity contribution < 1.29 is 24.1 Å². The molecule has 0 radical (unpaired) electrons. The van der Waals surface area contributed by atoms with E-state index in [9.17, 15) is 4.79 Å². The van der Waals surface area contributed by atoms with Crippen LogP contribution in [0.2, 0.25) is 0 Å². The van der Waals surface area contributed by atoms with Gasteiger partial charge in [0.15, 0.2) is 6.23 Å². The minimum absolute atomic E-state index is 0.0231. The molecular formula is C35H38N2O5. The number of rotatable bonds is 11. The van der Waals surface area contributed by atoms with Crippen LogP contribution in [0.5, 0.6) is 5.75 Å². The number of aliphatic hydroxyl groups is 1. The largest absolute Gasteiger partial charge is 0.491 e. The number of ether oxygens (including phenoxy) is 3. The van der Waals surface area contributed by atoms with Gasteiger partial charge in [-0.3, -0.25) is 0 Å². The highest BCUT2D eigenvalue weighted by atomic mass is 16.5. The second-order valence-corrected chi connectivity index (χ2v) is 10.2. The zero-order chi connectivity index (χ0) is 29.3. The molecule has 2 heterocycles. The lowest BCUT2D eigenvalue weighted by atomic mass is 9.87. The van der Waals surface area contributed by atoms with Crippen molar-refractivity contribution in [2.45, 2.75) is 45.8 Å². The Morgan fingerprint density at radius 2 is 1.79 bits per heavy atom. The van der Waals surface area contributed by atoms with Crippen molar-refractivity contribution in [3.05, 3.63) is 101 Å². The van der Waals surface area contributed by atoms with Crippen molar-refractivity contribution in [1.82, 2.24) is 9.78 Å². The van der Waals surface area contributed by atoms with Crippen LogP contribution >= 0.6 is 0 Å². The molecule has 0 amide bonds. The molecule has 5 rings (SSSR count). The van der Waals surface area contributed by atoms with Gasteiger partial charge in [0.1, 0.15) is 12.4 Å². The van der Waals surface area contributed by atoms with E-state index < -0.39 is 0 Å². The molecule has 7 heteroatoms. The van der Waals surface area contributed by atoms with Crippen molar-refractivity contribution in [3.8, 4) is 5.75 Å². The summed E-state index contributed by atoms with van der Waals surface area (Å²) in [4.78, 5) is 11.8. The van der Waals surface area contributed by atoms with Gasteiger partial charge < -0.3 is 19.3 Å². The number of hydrogen-bond acceptors (Lipinski definition) is 6. The van der Waals surface area contributed by atoms with E-state index in [0.29, 0.717) is 6.61 Å². The Balaban J connectivity index is 1.56. The maximum absolute atomic E-state index is 11.8. The Morgan fingerprint density at radius 1 is 1.02 bits per heavy atom. The number of aliphatic hydroxyl groups excluding tert-OH is 1. The molecule has 42 heavy (non-hydrogen) atoms. The molecule has 7 nitrogen and oxygen atoms in total. The standard InChI is InChI=1S/C35H38N2O5/c1-3-31(26-13-16-30(17-14-26)41-22-20-38)35(27-11-8-25(9-12-27)10-19-34(39)40-4-2)28-15-18-32-29(23-28)24-36-37(32)33-7-5-6-21-42-33/h8-19,23-24,33,38H,3-7,20-22H2,1-2H3/b19-10+,35-31+. The Hall–Kier alpha value is -4.20. The average Bonchev–Trinajstić information content (AvgIpc) is 3.46. The number of carbonyl (C=O) groups excluding carboxylic acids is 1. The third-order valence-corrected chi connectivity index (χ3v) is 7.43. The highest BCUT2D eigenvalue weighted by Crippen LogP contribution is 2.37. The van der Waals surface area contributed by atoms with Crippen LogP contribution in [0.1, 0.15) is 68.0 Å². The molecule has 1 aromatic heterocycles. The van der Waals surface area contributed by atoms with Gasteiger partial charge in [-0.25, -0.2) is 9.48 Å². The summed E-state index contributed by atoms with van der Waals surface area (Å²) in [6.07, 6.45) is 9.15. The highest BCUT2D eigenvalue weighted by molar-refractivity contribution is 6.00. The summed E-state index contributed by atoms with van der Waals surface area (Å²) in [6, 6.07) is 22.8. The van der Waals surface area contributed by atoms with E-state index in [1.165, 1.54) is 11.6 Å². The summed E-state index contributed by atoms with van der Waals surface area (Å²) in [5, 5.41) is 14.9. The predicted octanol–water partition coefficient (Wildman–Crippen LogP) is 7.05. The molecule has 0 bridgehead atoms. The molecule has 1 atom stereocenters. The number of esters is 1. The second-order valence-electron chi connectivity index (χ2n) is 10.2. The van der Waals surface area contributed by atoms with Gasteiger partial charge in [0.25, 0.3) is 0 Å². The summed E-state index contributed by atoms with van der Waals surface area (Å²) >= 11 is 0. The topological polar surface area (TPSA) is 82.8 Å². The molecule has 0 spiro atoms. The first-order valence-corrected chi connectivity index (χ1v) is 14.7. The van der Waals surface area contributed by atoms with Gasteiger partial charge in [-0.05, 0) is 96.3 Å². The zero-order valence-corrected chi connectivity index (χ0v) is 24.3. The van der Waals surface area contributed by atoms with Crippen LogP contribution in [0.25, 0.3) is 28.1 Å². The van der Waals surface area contributed by atoms with Crippen LogP contribution < -0.4 is 4.74 Å². The number of nitrogens with zero attached hydrogens (tertiary/aromatic N) is 2. The third kappa shape index (κ3) is 6.81. The van der Waals surface area contributed by atoms with E-state index >= 15 is 0 Å².